The minimum Gasteiger partial charge on any atom is -0.463 e. The van der Waals surface area contributed by atoms with Gasteiger partial charge >= 0.3 is 27.6 Å². The van der Waals surface area contributed by atoms with E-state index in [1.807, 2.05) is 0 Å². The summed E-state index contributed by atoms with van der Waals surface area (Å²) >= 11 is 0. The Morgan fingerprint density at radius 3 is 1.02 bits per heavy atom. The molecule has 0 aliphatic heterocycles. The molecular formula is C41H80O15P2. The van der Waals surface area contributed by atoms with Gasteiger partial charge in [-0.25, -0.2) is 9.13 Å². The second-order valence-electron chi connectivity index (χ2n) is 15.1. The standard InChI is InChI=1S/C41H80O15P2/c1-3-5-7-9-11-13-15-17-19-21-23-25-27-29-40(45)51-31-37(42)33-53-57(47,48)55-35-39(44)36-56-58(49,50)54-34-38(43)32-52-41(46)30-28-26-24-22-20-18-16-14-12-10-8-6-4-2/h17,19,37-39,42-44H,3-16,18,20-36H2,1-2H3,(H,47,48)(H,49,50)/b19-17-. The quantitative estimate of drug-likeness (QED) is 0.0167. The summed E-state index contributed by atoms with van der Waals surface area (Å²) in [6, 6.07) is 0. The van der Waals surface area contributed by atoms with E-state index in [1.165, 1.54) is 96.3 Å². The van der Waals surface area contributed by atoms with Crippen LogP contribution in [-0.2, 0) is 46.3 Å². The zero-order chi connectivity index (χ0) is 43.2. The van der Waals surface area contributed by atoms with E-state index >= 15 is 0 Å². The average molecular weight is 875 g/mol. The SMILES string of the molecule is CCCCCCCC/C=C\CCCCCC(=O)OCC(O)COP(=O)(O)OCC(O)COP(=O)(O)OCC(O)COC(=O)CCCCCCCCCCCCCCC. The molecule has 5 atom stereocenters. The van der Waals surface area contributed by atoms with Gasteiger partial charge in [0.05, 0.1) is 26.4 Å². The Kier molecular flexibility index (Phi) is 37.9. The van der Waals surface area contributed by atoms with Crippen LogP contribution in [0.15, 0.2) is 12.2 Å². The Labute approximate surface area is 349 Å². The average Bonchev–Trinajstić information content (AvgIpc) is 3.19. The summed E-state index contributed by atoms with van der Waals surface area (Å²) in [5.74, 6) is -1.01. The lowest BCUT2D eigenvalue weighted by Gasteiger charge is -2.19. The number of esters is 2. The summed E-state index contributed by atoms with van der Waals surface area (Å²) in [6.07, 6.45) is 27.8. The molecule has 0 bridgehead atoms. The second kappa shape index (κ2) is 38.7. The summed E-state index contributed by atoms with van der Waals surface area (Å²) < 4.78 is 52.8. The number of aliphatic hydroxyl groups excluding tert-OH is 3. The minimum atomic E-state index is -4.78. The van der Waals surface area contributed by atoms with Crippen molar-refractivity contribution in [1.82, 2.24) is 0 Å². The molecule has 15 nitrogen and oxygen atoms in total. The van der Waals surface area contributed by atoms with E-state index in [0.717, 1.165) is 44.9 Å². The molecule has 0 aromatic carbocycles. The van der Waals surface area contributed by atoms with Crippen LogP contribution in [0.4, 0.5) is 0 Å². The highest BCUT2D eigenvalue weighted by Gasteiger charge is 2.28. The number of carbonyl (C=O) groups excluding carboxylic acids is 2. The molecule has 0 fully saturated rings. The molecule has 58 heavy (non-hydrogen) atoms. The van der Waals surface area contributed by atoms with Gasteiger partial charge in [0, 0.05) is 12.8 Å². The van der Waals surface area contributed by atoms with Gasteiger partial charge in [0.1, 0.15) is 31.5 Å². The van der Waals surface area contributed by atoms with Crippen LogP contribution >= 0.6 is 15.6 Å². The minimum absolute atomic E-state index is 0.179. The van der Waals surface area contributed by atoms with Crippen LogP contribution < -0.4 is 0 Å². The van der Waals surface area contributed by atoms with Crippen LogP contribution in [0.1, 0.15) is 181 Å². The number of aliphatic hydroxyl groups is 3. The van der Waals surface area contributed by atoms with E-state index < -0.39 is 85.5 Å². The van der Waals surface area contributed by atoms with Crippen molar-refractivity contribution < 1.29 is 71.4 Å². The number of ether oxygens (including phenoxy) is 2. The Morgan fingerprint density at radius 1 is 0.431 bits per heavy atom. The zero-order valence-corrected chi connectivity index (χ0v) is 37.5. The van der Waals surface area contributed by atoms with Crippen molar-refractivity contribution in [1.29, 1.82) is 0 Å². The molecule has 0 spiro atoms. The van der Waals surface area contributed by atoms with Crippen molar-refractivity contribution in [3.63, 3.8) is 0 Å². The molecule has 0 heterocycles. The van der Waals surface area contributed by atoms with E-state index in [-0.39, 0.29) is 12.8 Å². The van der Waals surface area contributed by atoms with E-state index in [2.05, 4.69) is 44.1 Å². The maximum atomic E-state index is 12.1. The molecule has 0 aliphatic rings. The van der Waals surface area contributed by atoms with Crippen LogP contribution in [0.2, 0.25) is 0 Å². The normalized spacial score (nSPS) is 15.5. The molecule has 0 rings (SSSR count). The molecule has 0 amide bonds. The number of phosphoric ester groups is 2. The lowest BCUT2D eigenvalue weighted by Crippen LogP contribution is -2.25. The summed E-state index contributed by atoms with van der Waals surface area (Å²) in [4.78, 5) is 43.6. The van der Waals surface area contributed by atoms with Crippen LogP contribution in [0.3, 0.4) is 0 Å². The highest BCUT2D eigenvalue weighted by Crippen LogP contribution is 2.45. The number of allylic oxidation sites excluding steroid dienone is 2. The van der Waals surface area contributed by atoms with Gasteiger partial charge < -0.3 is 34.6 Å². The van der Waals surface area contributed by atoms with E-state index in [0.29, 0.717) is 12.8 Å². The molecule has 0 saturated carbocycles. The third kappa shape index (κ3) is 40.2. The fourth-order valence-corrected chi connectivity index (χ4v) is 7.33. The second-order valence-corrected chi connectivity index (χ2v) is 18.0. The Morgan fingerprint density at radius 2 is 0.690 bits per heavy atom. The van der Waals surface area contributed by atoms with Gasteiger partial charge in [-0.05, 0) is 38.5 Å². The molecule has 0 saturated heterocycles. The van der Waals surface area contributed by atoms with Crippen LogP contribution in [0.5, 0.6) is 0 Å². The molecule has 0 aromatic rings. The van der Waals surface area contributed by atoms with Crippen molar-refractivity contribution in [3.05, 3.63) is 12.2 Å². The molecule has 0 aromatic heterocycles. The first-order valence-electron chi connectivity index (χ1n) is 22.0. The number of unbranched alkanes of at least 4 members (excludes halogenated alkanes) is 21. The third-order valence-electron chi connectivity index (χ3n) is 9.22. The van der Waals surface area contributed by atoms with E-state index in [9.17, 15) is 43.8 Å². The van der Waals surface area contributed by atoms with Gasteiger partial charge in [-0.3, -0.25) is 27.7 Å². The third-order valence-corrected chi connectivity index (χ3v) is 11.1. The topological polar surface area (TPSA) is 225 Å². The first-order valence-corrected chi connectivity index (χ1v) is 25.0. The number of carbonyl (C=O) groups is 2. The largest absolute Gasteiger partial charge is 0.472 e. The highest BCUT2D eigenvalue weighted by molar-refractivity contribution is 7.47. The summed E-state index contributed by atoms with van der Waals surface area (Å²) in [6.45, 7) is 0.395. The number of hydrogen-bond donors (Lipinski definition) is 5. The fourth-order valence-electron chi connectivity index (χ4n) is 5.74. The van der Waals surface area contributed by atoms with Gasteiger partial charge in [0.2, 0.25) is 0 Å². The van der Waals surface area contributed by atoms with Gasteiger partial charge in [0.15, 0.2) is 0 Å². The smallest absolute Gasteiger partial charge is 0.463 e. The van der Waals surface area contributed by atoms with Gasteiger partial charge in [0.25, 0.3) is 0 Å². The zero-order valence-electron chi connectivity index (χ0n) is 35.7. The molecule has 344 valence electrons. The Hall–Kier alpha value is -1.22. The fraction of sp³-hybridized carbons (Fsp3) is 0.902. The monoisotopic (exact) mass is 874 g/mol. The van der Waals surface area contributed by atoms with Crippen molar-refractivity contribution >= 4 is 27.6 Å². The summed E-state index contributed by atoms with van der Waals surface area (Å²) in [5, 5.41) is 29.9. The lowest BCUT2D eigenvalue weighted by molar-refractivity contribution is -0.148. The van der Waals surface area contributed by atoms with Crippen molar-refractivity contribution in [3.8, 4) is 0 Å². The number of hydrogen-bond acceptors (Lipinski definition) is 13. The van der Waals surface area contributed by atoms with Gasteiger partial charge in [-0.15, -0.1) is 0 Å². The van der Waals surface area contributed by atoms with Gasteiger partial charge in [-0.2, -0.15) is 0 Å². The van der Waals surface area contributed by atoms with Crippen molar-refractivity contribution in [2.24, 2.45) is 0 Å². The van der Waals surface area contributed by atoms with Crippen molar-refractivity contribution in [2.45, 2.75) is 199 Å². The maximum absolute atomic E-state index is 12.1. The highest BCUT2D eigenvalue weighted by atomic mass is 31.2. The molecule has 17 heteroatoms. The predicted molar refractivity (Wildman–Crippen MR) is 224 cm³/mol. The first-order chi connectivity index (χ1) is 27.8. The molecule has 5 N–H and O–H groups in total. The molecule has 5 unspecified atom stereocenters. The van der Waals surface area contributed by atoms with Crippen LogP contribution in [0.25, 0.3) is 0 Å². The molecule has 0 radical (unpaired) electrons. The van der Waals surface area contributed by atoms with Crippen molar-refractivity contribution in [2.75, 3.05) is 39.6 Å². The Balaban J connectivity index is 3.93. The van der Waals surface area contributed by atoms with E-state index in [1.54, 1.807) is 0 Å². The molecule has 0 aliphatic carbocycles. The predicted octanol–water partition coefficient (Wildman–Crippen LogP) is 9.16. The van der Waals surface area contributed by atoms with E-state index in [4.69, 9.17) is 9.47 Å². The first kappa shape index (κ1) is 56.8. The molecular weight excluding hydrogens is 794 g/mol. The Bertz CT molecular complexity index is 1110. The van der Waals surface area contributed by atoms with Crippen LogP contribution in [0, 0.1) is 0 Å². The maximum Gasteiger partial charge on any atom is 0.472 e. The number of rotatable bonds is 43. The lowest BCUT2D eigenvalue weighted by atomic mass is 10.0. The summed E-state index contributed by atoms with van der Waals surface area (Å²) in [5.41, 5.74) is 0. The summed E-state index contributed by atoms with van der Waals surface area (Å²) in [7, 11) is -9.55. The van der Waals surface area contributed by atoms with Gasteiger partial charge in [-0.1, -0.05) is 142 Å². The van der Waals surface area contributed by atoms with Crippen LogP contribution in [-0.4, -0.2) is 95.0 Å². The number of phosphoric acid groups is 2.